The molecule has 9 N–H and O–H groups in total. The summed E-state index contributed by atoms with van der Waals surface area (Å²) in [5, 5.41) is 32.5. The molecule has 0 bridgehead atoms. The molecule has 0 aliphatic heterocycles. The van der Waals surface area contributed by atoms with Gasteiger partial charge >= 0.3 is 31.3 Å². The first-order chi connectivity index (χ1) is 19.0. The molecule has 42 heavy (non-hydrogen) atoms. The fraction of sp³-hybridized carbons (Fsp3) is 0.600. The maximum absolute atomic E-state index is 12.8. The number of nitrogens with zero attached hydrogens (tertiary/aromatic N) is 1. The lowest BCUT2D eigenvalue weighted by Gasteiger charge is -2.45. The second-order valence-electron chi connectivity index (χ2n) is 8.07. The minimum atomic E-state index is -5.79. The van der Waals surface area contributed by atoms with Gasteiger partial charge in [0.2, 0.25) is 0 Å². The highest BCUT2D eigenvalue weighted by atomic mass is 31.2. The van der Waals surface area contributed by atoms with E-state index in [1.165, 1.54) is 0 Å². The quantitative estimate of drug-likeness (QED) is 0.0625. The van der Waals surface area contributed by atoms with Crippen LogP contribution in [-0.4, -0.2) is 100 Å². The first-order valence-electron chi connectivity index (χ1n) is 10.6. The van der Waals surface area contributed by atoms with Gasteiger partial charge in [0.1, 0.15) is 36.6 Å². The second-order valence-corrected chi connectivity index (χ2v) is 13.1. The van der Waals surface area contributed by atoms with E-state index in [0.717, 1.165) is 26.4 Å². The number of aliphatic hydroxyl groups excluding tert-OH is 2. The molecule has 0 amide bonds. The molecular formula is C15H25NO22P4. The number of ether oxygens (including phenoxy) is 2. The van der Waals surface area contributed by atoms with Crippen LogP contribution in [-0.2, 0) is 47.5 Å². The van der Waals surface area contributed by atoms with E-state index in [4.69, 9.17) is 19.3 Å². The van der Waals surface area contributed by atoms with Crippen LogP contribution < -0.4 is 9.47 Å². The molecule has 7 atom stereocenters. The molecule has 0 spiro atoms. The highest BCUT2D eigenvalue weighted by molar-refractivity contribution is 7.47. The Morgan fingerprint density at radius 3 is 1.55 bits per heavy atom. The maximum atomic E-state index is 12.8. The fourth-order valence-corrected chi connectivity index (χ4v) is 6.25. The zero-order valence-electron chi connectivity index (χ0n) is 20.9. The Labute approximate surface area is 234 Å². The molecule has 27 heteroatoms. The van der Waals surface area contributed by atoms with Gasteiger partial charge in [-0.25, -0.2) is 18.3 Å². The van der Waals surface area contributed by atoms with Crippen molar-refractivity contribution in [1.82, 2.24) is 0 Å². The lowest BCUT2D eigenvalue weighted by molar-refractivity contribution is -0.385. The number of phosphoric ester groups is 4. The van der Waals surface area contributed by atoms with Gasteiger partial charge < -0.3 is 53.9 Å². The third-order valence-corrected chi connectivity index (χ3v) is 7.71. The largest absolute Gasteiger partial charge is 0.493 e. The predicted octanol–water partition coefficient (Wildman–Crippen LogP) is -1.22. The summed E-state index contributed by atoms with van der Waals surface area (Å²) >= 11 is 0. The average Bonchev–Trinajstić information content (AvgIpc) is 2.82. The first kappa shape index (κ1) is 36.8. The number of hydrogen-bond acceptors (Lipinski definition) is 15. The van der Waals surface area contributed by atoms with Crippen molar-refractivity contribution in [1.29, 1.82) is 0 Å². The summed E-state index contributed by atoms with van der Waals surface area (Å²) in [6.45, 7) is -1.13. The number of aliphatic hydroxyl groups is 2. The summed E-state index contributed by atoms with van der Waals surface area (Å²) in [6, 6.07) is 1.83. The Morgan fingerprint density at radius 2 is 1.12 bits per heavy atom. The van der Waals surface area contributed by atoms with Gasteiger partial charge in [-0.15, -0.1) is 0 Å². The zero-order chi connectivity index (χ0) is 32.4. The lowest BCUT2D eigenvalue weighted by atomic mass is 9.85. The Morgan fingerprint density at radius 1 is 0.714 bits per heavy atom. The van der Waals surface area contributed by atoms with E-state index in [1.54, 1.807) is 0 Å². The van der Waals surface area contributed by atoms with E-state index in [-0.39, 0.29) is 11.5 Å². The summed E-state index contributed by atoms with van der Waals surface area (Å²) in [4.78, 5) is 76.0. The molecule has 242 valence electrons. The summed E-state index contributed by atoms with van der Waals surface area (Å²) in [5.41, 5.74) is -1.15. The van der Waals surface area contributed by atoms with Crippen LogP contribution in [0.1, 0.15) is 5.56 Å². The summed E-state index contributed by atoms with van der Waals surface area (Å²) < 4.78 is 79.2. The smallest absolute Gasteiger partial charge is 0.472 e. The number of nitro groups is 1. The standard InChI is InChI=1S/C15H25NO22P4/c1-32-8-3-6(7(16(19)20)4-9(8)33-2)5-34-42(30,31)38-14-11(18)12(35-39(21,22)23)10(17)13(36-40(24,25)26)15(14)37-41(27,28)29/h3-4,10-15,17-18H,5H2,1-2H3,(H,30,31)(H2,21,22,23)(H2,24,25,26)(H2,27,28,29)/t10-,11-,12+,13+,14-,15+/m0/s1. The minimum Gasteiger partial charge on any atom is -0.493 e. The van der Waals surface area contributed by atoms with Gasteiger partial charge in [-0.05, 0) is 6.07 Å². The van der Waals surface area contributed by atoms with E-state index in [1.807, 2.05) is 0 Å². The van der Waals surface area contributed by atoms with E-state index in [9.17, 15) is 63.1 Å². The SMILES string of the molecule is COc1cc(COP(=O)(O)O[C@H]2[C@@H](O)[C@H](OP(=O)(O)O)[C@H](O)[C@@H](OP(=O)(O)O)[C@H]2OP(=O)(O)O)c([N+](=O)[O-])cc1OC. The number of nitro benzene ring substituents is 1. The van der Waals surface area contributed by atoms with Crippen molar-refractivity contribution in [3.63, 3.8) is 0 Å². The Hall–Kier alpha value is -1.42. The Bertz CT molecular complexity index is 1320. The molecule has 2 rings (SSSR count). The fourth-order valence-electron chi connectivity index (χ4n) is 3.65. The lowest BCUT2D eigenvalue weighted by Crippen LogP contribution is -2.65. The monoisotopic (exact) mass is 695 g/mol. The molecule has 1 aliphatic rings. The van der Waals surface area contributed by atoms with Crippen molar-refractivity contribution in [3.05, 3.63) is 27.8 Å². The van der Waals surface area contributed by atoms with E-state index >= 15 is 0 Å². The number of phosphoric acid groups is 4. The van der Waals surface area contributed by atoms with Crippen molar-refractivity contribution in [2.45, 2.75) is 43.2 Å². The average molecular weight is 695 g/mol. The van der Waals surface area contributed by atoms with Crippen LogP contribution in [0.3, 0.4) is 0 Å². The number of rotatable bonds is 14. The molecule has 1 aromatic rings. The summed E-state index contributed by atoms with van der Waals surface area (Å²) in [7, 11) is -20.6. The molecule has 1 aliphatic carbocycles. The minimum absolute atomic E-state index is 0.1000. The van der Waals surface area contributed by atoms with Crippen LogP contribution in [0.4, 0.5) is 5.69 Å². The van der Waals surface area contributed by atoms with Gasteiger partial charge in [0, 0.05) is 0 Å². The Balaban J connectivity index is 2.52. The van der Waals surface area contributed by atoms with Crippen LogP contribution in [0.2, 0.25) is 0 Å². The molecule has 1 aromatic carbocycles. The van der Waals surface area contributed by atoms with E-state index in [0.29, 0.717) is 0 Å². The van der Waals surface area contributed by atoms with Gasteiger partial charge in [0.25, 0.3) is 5.69 Å². The number of methoxy groups -OCH3 is 2. The molecule has 0 aromatic heterocycles. The zero-order valence-corrected chi connectivity index (χ0v) is 24.5. The van der Waals surface area contributed by atoms with E-state index < -0.39 is 90.7 Å². The molecule has 0 heterocycles. The van der Waals surface area contributed by atoms with Gasteiger partial charge in [-0.2, -0.15) is 0 Å². The van der Waals surface area contributed by atoms with Crippen molar-refractivity contribution in [2.24, 2.45) is 0 Å². The van der Waals surface area contributed by atoms with Gasteiger partial charge in [-0.3, -0.25) is 32.7 Å². The molecule has 0 saturated heterocycles. The third kappa shape index (κ3) is 10.3. The van der Waals surface area contributed by atoms with Crippen molar-refractivity contribution in [2.75, 3.05) is 14.2 Å². The molecule has 1 unspecified atom stereocenters. The van der Waals surface area contributed by atoms with Crippen LogP contribution in [0, 0.1) is 10.1 Å². The van der Waals surface area contributed by atoms with Crippen molar-refractivity contribution in [3.8, 4) is 11.5 Å². The van der Waals surface area contributed by atoms with Crippen LogP contribution >= 0.6 is 31.3 Å². The van der Waals surface area contributed by atoms with E-state index in [2.05, 4.69) is 22.6 Å². The predicted molar refractivity (Wildman–Crippen MR) is 128 cm³/mol. The van der Waals surface area contributed by atoms with Crippen LogP contribution in [0.15, 0.2) is 12.1 Å². The maximum Gasteiger partial charge on any atom is 0.472 e. The highest BCUT2D eigenvalue weighted by Crippen LogP contribution is 2.54. The number of benzene rings is 1. The van der Waals surface area contributed by atoms with Gasteiger partial charge in [-0.1, -0.05) is 0 Å². The van der Waals surface area contributed by atoms with Crippen LogP contribution in [0.25, 0.3) is 0 Å². The normalized spacial score (nSPS) is 26.8. The highest BCUT2D eigenvalue weighted by Gasteiger charge is 2.58. The first-order valence-corrected chi connectivity index (χ1v) is 16.7. The Kier molecular flexibility index (Phi) is 12.0. The van der Waals surface area contributed by atoms with Crippen molar-refractivity contribution < 1.29 is 99.7 Å². The molecule has 1 saturated carbocycles. The van der Waals surface area contributed by atoms with Gasteiger partial charge in [0.15, 0.2) is 11.5 Å². The summed E-state index contributed by atoms with van der Waals surface area (Å²) in [5.74, 6) is -0.220. The van der Waals surface area contributed by atoms with Crippen LogP contribution in [0.5, 0.6) is 11.5 Å². The topological polar surface area (TPSA) is 358 Å². The molecule has 0 radical (unpaired) electrons. The second kappa shape index (κ2) is 13.7. The third-order valence-electron chi connectivity index (χ3n) is 5.19. The van der Waals surface area contributed by atoms with Gasteiger partial charge in [0.05, 0.1) is 37.4 Å². The molecule has 1 fully saturated rings. The number of hydrogen-bond donors (Lipinski definition) is 9. The molecule has 23 nitrogen and oxygen atoms in total. The summed E-state index contributed by atoms with van der Waals surface area (Å²) in [6.07, 6.45) is -16.5. The van der Waals surface area contributed by atoms with Crippen molar-refractivity contribution >= 4 is 37.0 Å². The molecular weight excluding hydrogens is 670 g/mol.